The number of aryl methyl sites for hydroxylation is 1. The van der Waals surface area contributed by atoms with Gasteiger partial charge in [0.25, 0.3) is 0 Å². The summed E-state index contributed by atoms with van der Waals surface area (Å²) in [4.78, 5) is 12.9. The maximum Gasteiger partial charge on any atom is 0.416 e. The minimum absolute atomic E-state index is 0.0633. The molecule has 1 unspecified atom stereocenters. The summed E-state index contributed by atoms with van der Waals surface area (Å²) in [6.07, 6.45) is -3.70. The van der Waals surface area contributed by atoms with Crippen LogP contribution in [0.1, 0.15) is 31.9 Å². The summed E-state index contributed by atoms with van der Waals surface area (Å²) in [5.74, 6) is 0.503. The first-order valence-corrected chi connectivity index (χ1v) is 10.0. The van der Waals surface area contributed by atoms with Crippen molar-refractivity contribution in [3.8, 4) is 11.5 Å². The number of carbonyl (C=O) groups excluding carboxylic acids is 1. The molecule has 0 saturated carbocycles. The van der Waals surface area contributed by atoms with Crippen molar-refractivity contribution in [2.24, 2.45) is 0 Å². The minimum Gasteiger partial charge on any atom is -0.456 e. The molecule has 1 atom stereocenters. The van der Waals surface area contributed by atoms with E-state index in [1.165, 1.54) is 17.8 Å². The molecular weight excluding hydrogens is 411 g/mol. The molecule has 0 saturated heterocycles. The molecule has 0 aliphatic heterocycles. The van der Waals surface area contributed by atoms with Crippen molar-refractivity contribution in [2.75, 3.05) is 6.54 Å². The summed E-state index contributed by atoms with van der Waals surface area (Å²) in [6, 6.07) is 8.34. The summed E-state index contributed by atoms with van der Waals surface area (Å²) in [6.45, 7) is 6.23. The number of benzene rings is 2. The van der Waals surface area contributed by atoms with Crippen LogP contribution in [0, 0.1) is 0 Å². The first-order valence-electron chi connectivity index (χ1n) is 8.77. The van der Waals surface area contributed by atoms with E-state index in [-0.39, 0.29) is 21.9 Å². The second-order valence-electron chi connectivity index (χ2n) is 6.02. The van der Waals surface area contributed by atoms with Crippen LogP contribution in [0.15, 0.2) is 41.3 Å². The highest BCUT2D eigenvalue weighted by atomic mass is 35.5. The SMILES string of the molecule is CCNC(=O)C(C)Sc1cc(Oc2ccc(C(F)(F)F)cc2Cl)ccc1CC. The number of hydrogen-bond donors (Lipinski definition) is 1. The van der Waals surface area contributed by atoms with Crippen LogP contribution in [0.5, 0.6) is 11.5 Å². The van der Waals surface area contributed by atoms with Crippen molar-refractivity contribution < 1.29 is 22.7 Å². The predicted molar refractivity (Wildman–Crippen MR) is 106 cm³/mol. The van der Waals surface area contributed by atoms with Gasteiger partial charge in [-0.2, -0.15) is 13.2 Å². The number of rotatable bonds is 7. The molecule has 0 fully saturated rings. The molecule has 28 heavy (non-hydrogen) atoms. The third-order valence-electron chi connectivity index (χ3n) is 3.93. The van der Waals surface area contributed by atoms with Crippen LogP contribution in [0.4, 0.5) is 13.2 Å². The Morgan fingerprint density at radius 3 is 2.50 bits per heavy atom. The lowest BCUT2D eigenvalue weighted by Crippen LogP contribution is -2.30. The first kappa shape index (κ1) is 22.4. The molecule has 0 radical (unpaired) electrons. The number of ether oxygens (including phenoxy) is 1. The summed E-state index contributed by atoms with van der Waals surface area (Å²) < 4.78 is 44.0. The van der Waals surface area contributed by atoms with Gasteiger partial charge < -0.3 is 10.1 Å². The lowest BCUT2D eigenvalue weighted by Gasteiger charge is -2.16. The molecule has 152 valence electrons. The van der Waals surface area contributed by atoms with E-state index in [1.54, 1.807) is 12.1 Å². The number of alkyl halides is 3. The van der Waals surface area contributed by atoms with Gasteiger partial charge in [-0.15, -0.1) is 11.8 Å². The van der Waals surface area contributed by atoms with E-state index < -0.39 is 11.7 Å². The molecular formula is C20H21ClF3NO2S. The standard InChI is InChI=1S/C20H21ClF3NO2S/c1-4-13-6-8-15(11-18(13)28-12(3)19(26)25-5-2)27-17-9-7-14(10-16(17)21)20(22,23)24/h6-12H,4-5H2,1-3H3,(H,25,26). The van der Waals surface area contributed by atoms with E-state index in [4.69, 9.17) is 16.3 Å². The second-order valence-corrected chi connectivity index (χ2v) is 7.81. The number of carbonyl (C=O) groups is 1. The first-order chi connectivity index (χ1) is 13.2. The highest BCUT2D eigenvalue weighted by Gasteiger charge is 2.31. The highest BCUT2D eigenvalue weighted by Crippen LogP contribution is 2.38. The van der Waals surface area contributed by atoms with Gasteiger partial charge in [0.15, 0.2) is 0 Å². The minimum atomic E-state index is -4.47. The third-order valence-corrected chi connectivity index (χ3v) is 5.43. The van der Waals surface area contributed by atoms with Gasteiger partial charge in [0.05, 0.1) is 15.8 Å². The molecule has 0 aromatic heterocycles. The molecule has 8 heteroatoms. The van der Waals surface area contributed by atoms with Gasteiger partial charge >= 0.3 is 6.18 Å². The molecule has 0 aliphatic carbocycles. The fourth-order valence-electron chi connectivity index (χ4n) is 2.45. The van der Waals surface area contributed by atoms with Crippen molar-refractivity contribution >= 4 is 29.3 Å². The molecule has 0 spiro atoms. The maximum absolute atomic E-state index is 12.8. The van der Waals surface area contributed by atoms with Gasteiger partial charge in [-0.3, -0.25) is 4.79 Å². The second kappa shape index (κ2) is 9.56. The summed E-state index contributed by atoms with van der Waals surface area (Å²) in [5, 5.41) is 2.36. The topological polar surface area (TPSA) is 38.3 Å². The van der Waals surface area contributed by atoms with Gasteiger partial charge in [0.1, 0.15) is 11.5 Å². The Bertz CT molecular complexity index is 843. The molecule has 0 heterocycles. The summed E-state index contributed by atoms with van der Waals surface area (Å²) in [7, 11) is 0. The van der Waals surface area contributed by atoms with Crippen molar-refractivity contribution in [1.82, 2.24) is 5.32 Å². The Kier molecular flexibility index (Phi) is 7.66. The molecule has 0 aliphatic rings. The smallest absolute Gasteiger partial charge is 0.416 e. The van der Waals surface area contributed by atoms with Crippen LogP contribution in [-0.2, 0) is 17.4 Å². The van der Waals surface area contributed by atoms with Crippen LogP contribution in [-0.4, -0.2) is 17.7 Å². The highest BCUT2D eigenvalue weighted by molar-refractivity contribution is 8.00. The van der Waals surface area contributed by atoms with Gasteiger partial charge in [-0.1, -0.05) is 24.6 Å². The largest absolute Gasteiger partial charge is 0.456 e. The van der Waals surface area contributed by atoms with E-state index in [0.29, 0.717) is 12.3 Å². The normalized spacial score (nSPS) is 12.5. The monoisotopic (exact) mass is 431 g/mol. The van der Waals surface area contributed by atoms with Gasteiger partial charge in [0, 0.05) is 11.4 Å². The lowest BCUT2D eigenvalue weighted by atomic mass is 10.1. The molecule has 1 amide bonds. The molecule has 2 aromatic carbocycles. The Morgan fingerprint density at radius 2 is 1.93 bits per heavy atom. The zero-order valence-electron chi connectivity index (χ0n) is 15.7. The van der Waals surface area contributed by atoms with Crippen molar-refractivity contribution in [3.05, 3.63) is 52.5 Å². The fraction of sp³-hybridized carbons (Fsp3) is 0.350. The average molecular weight is 432 g/mol. The fourth-order valence-corrected chi connectivity index (χ4v) is 3.79. The Balaban J connectivity index is 2.24. The Morgan fingerprint density at radius 1 is 1.21 bits per heavy atom. The Labute approximate surface area is 171 Å². The predicted octanol–water partition coefficient (Wildman–Crippen LogP) is 6.33. The maximum atomic E-state index is 12.8. The summed E-state index contributed by atoms with van der Waals surface area (Å²) in [5.41, 5.74) is 0.213. The van der Waals surface area contributed by atoms with E-state index in [2.05, 4.69) is 5.32 Å². The molecule has 2 rings (SSSR count). The van der Waals surface area contributed by atoms with Crippen LogP contribution >= 0.6 is 23.4 Å². The van der Waals surface area contributed by atoms with Crippen LogP contribution < -0.4 is 10.1 Å². The van der Waals surface area contributed by atoms with E-state index in [1.807, 2.05) is 26.8 Å². The zero-order valence-corrected chi connectivity index (χ0v) is 17.3. The van der Waals surface area contributed by atoms with E-state index >= 15 is 0 Å². The van der Waals surface area contributed by atoms with Crippen LogP contribution in [0.25, 0.3) is 0 Å². The summed E-state index contributed by atoms with van der Waals surface area (Å²) >= 11 is 7.36. The van der Waals surface area contributed by atoms with Crippen molar-refractivity contribution in [1.29, 1.82) is 0 Å². The molecule has 0 bridgehead atoms. The molecule has 3 nitrogen and oxygen atoms in total. The number of halogens is 4. The number of amides is 1. The number of thioether (sulfide) groups is 1. The van der Waals surface area contributed by atoms with Gasteiger partial charge in [0.2, 0.25) is 5.91 Å². The quantitative estimate of drug-likeness (QED) is 0.520. The number of nitrogens with one attached hydrogen (secondary N) is 1. The van der Waals surface area contributed by atoms with Gasteiger partial charge in [-0.05, 0) is 56.2 Å². The Hall–Kier alpha value is -1.86. The van der Waals surface area contributed by atoms with E-state index in [0.717, 1.165) is 29.0 Å². The molecule has 2 aromatic rings. The number of hydrogen-bond acceptors (Lipinski definition) is 3. The lowest BCUT2D eigenvalue weighted by molar-refractivity contribution is -0.137. The zero-order chi connectivity index (χ0) is 20.9. The average Bonchev–Trinajstić information content (AvgIpc) is 2.63. The third kappa shape index (κ3) is 5.82. The molecule has 1 N–H and O–H groups in total. The van der Waals surface area contributed by atoms with Gasteiger partial charge in [-0.25, -0.2) is 0 Å². The van der Waals surface area contributed by atoms with Crippen LogP contribution in [0.2, 0.25) is 5.02 Å². The van der Waals surface area contributed by atoms with Crippen molar-refractivity contribution in [3.63, 3.8) is 0 Å². The van der Waals surface area contributed by atoms with Crippen LogP contribution in [0.3, 0.4) is 0 Å². The van der Waals surface area contributed by atoms with Crippen molar-refractivity contribution in [2.45, 2.75) is 43.5 Å². The van der Waals surface area contributed by atoms with E-state index in [9.17, 15) is 18.0 Å².